The van der Waals surface area contributed by atoms with Gasteiger partial charge in [-0.3, -0.25) is 4.79 Å². The number of carbonyl (C=O) groups is 1. The summed E-state index contributed by atoms with van der Waals surface area (Å²) in [7, 11) is -3.25. The molecule has 0 radical (unpaired) electrons. The molecule has 3 aromatic carbocycles. The van der Waals surface area contributed by atoms with E-state index in [4.69, 9.17) is 0 Å². The summed E-state index contributed by atoms with van der Waals surface area (Å²) in [6, 6.07) is 23.7. The maximum atomic E-state index is 12.8. The molecule has 0 saturated carbocycles. The van der Waals surface area contributed by atoms with Crippen LogP contribution in [0.1, 0.15) is 16.1 Å². The highest BCUT2D eigenvalue weighted by molar-refractivity contribution is 7.90. The van der Waals surface area contributed by atoms with Crippen LogP contribution in [0.25, 0.3) is 22.0 Å². The Morgan fingerprint density at radius 1 is 0.933 bits per heavy atom. The Morgan fingerprint density at radius 2 is 1.60 bits per heavy atom. The number of H-pyrrole nitrogens is 1. The minimum atomic E-state index is -3.25. The lowest BCUT2D eigenvalue weighted by molar-refractivity contribution is 0.0951. The number of aromatic nitrogens is 1. The van der Waals surface area contributed by atoms with Gasteiger partial charge in [-0.15, -0.1) is 0 Å². The van der Waals surface area contributed by atoms with E-state index in [1.807, 2.05) is 54.6 Å². The van der Waals surface area contributed by atoms with Crippen molar-refractivity contribution in [3.8, 4) is 11.1 Å². The van der Waals surface area contributed by atoms with Crippen LogP contribution < -0.4 is 5.43 Å². The number of rotatable bonds is 5. The maximum Gasteiger partial charge on any atom is 0.288 e. The molecular weight excluding hydrogens is 398 g/mol. The molecule has 150 valence electrons. The van der Waals surface area contributed by atoms with Crippen molar-refractivity contribution in [2.24, 2.45) is 5.10 Å². The Hall–Kier alpha value is -3.71. The Labute approximate surface area is 174 Å². The second-order valence-electron chi connectivity index (χ2n) is 6.83. The molecule has 4 aromatic rings. The first-order valence-electron chi connectivity index (χ1n) is 9.23. The first-order valence-corrected chi connectivity index (χ1v) is 11.1. The molecule has 1 heterocycles. The Balaban J connectivity index is 1.60. The normalized spacial score (nSPS) is 11.8. The van der Waals surface area contributed by atoms with Crippen LogP contribution in [-0.2, 0) is 9.84 Å². The van der Waals surface area contributed by atoms with Gasteiger partial charge in [0, 0.05) is 22.7 Å². The zero-order valence-electron chi connectivity index (χ0n) is 16.2. The van der Waals surface area contributed by atoms with Crippen molar-refractivity contribution in [3.63, 3.8) is 0 Å². The largest absolute Gasteiger partial charge is 0.350 e. The molecule has 0 saturated heterocycles. The van der Waals surface area contributed by atoms with Crippen LogP contribution in [0.5, 0.6) is 0 Å². The number of hydrazone groups is 1. The molecule has 1 amide bonds. The van der Waals surface area contributed by atoms with E-state index in [0.29, 0.717) is 11.3 Å². The third kappa shape index (κ3) is 4.01. The summed E-state index contributed by atoms with van der Waals surface area (Å²) in [4.78, 5) is 16.3. The van der Waals surface area contributed by atoms with Gasteiger partial charge in [0.05, 0.1) is 11.1 Å². The molecule has 0 aliphatic heterocycles. The molecule has 1 aromatic heterocycles. The van der Waals surface area contributed by atoms with Crippen molar-refractivity contribution >= 4 is 32.9 Å². The van der Waals surface area contributed by atoms with Crippen molar-refractivity contribution in [1.82, 2.24) is 10.4 Å². The van der Waals surface area contributed by atoms with Crippen molar-refractivity contribution in [2.45, 2.75) is 4.90 Å². The molecule has 6 nitrogen and oxygen atoms in total. The number of hydrogen-bond donors (Lipinski definition) is 2. The van der Waals surface area contributed by atoms with Gasteiger partial charge in [-0.25, -0.2) is 13.8 Å². The van der Waals surface area contributed by atoms with Gasteiger partial charge < -0.3 is 4.98 Å². The molecule has 4 rings (SSSR count). The van der Waals surface area contributed by atoms with Crippen molar-refractivity contribution in [1.29, 1.82) is 0 Å². The Kier molecular flexibility index (Phi) is 5.20. The molecule has 0 bridgehead atoms. The van der Waals surface area contributed by atoms with Crippen LogP contribution in [0.3, 0.4) is 0 Å². The highest BCUT2D eigenvalue weighted by atomic mass is 32.2. The predicted molar refractivity (Wildman–Crippen MR) is 118 cm³/mol. The lowest BCUT2D eigenvalue weighted by Gasteiger charge is -2.04. The number of aromatic amines is 1. The molecule has 7 heteroatoms. The Morgan fingerprint density at radius 3 is 2.30 bits per heavy atom. The summed E-state index contributed by atoms with van der Waals surface area (Å²) < 4.78 is 23.1. The number of para-hydroxylation sites is 1. The predicted octanol–water partition coefficient (Wildman–Crippen LogP) is 4.00. The van der Waals surface area contributed by atoms with Crippen molar-refractivity contribution < 1.29 is 13.2 Å². The lowest BCUT2D eigenvalue weighted by Crippen LogP contribution is -2.18. The monoisotopic (exact) mass is 417 g/mol. The van der Waals surface area contributed by atoms with Gasteiger partial charge >= 0.3 is 0 Å². The second kappa shape index (κ2) is 7.96. The minimum absolute atomic E-state index is 0.231. The summed E-state index contributed by atoms with van der Waals surface area (Å²) >= 11 is 0. The van der Waals surface area contributed by atoms with E-state index < -0.39 is 9.84 Å². The van der Waals surface area contributed by atoms with E-state index in [2.05, 4.69) is 15.5 Å². The number of amides is 1. The molecule has 0 aliphatic rings. The summed E-state index contributed by atoms with van der Waals surface area (Å²) in [5, 5.41) is 4.97. The highest BCUT2D eigenvalue weighted by Crippen LogP contribution is 2.32. The quantitative estimate of drug-likeness (QED) is 0.380. The first-order chi connectivity index (χ1) is 14.4. The zero-order chi connectivity index (χ0) is 21.1. The van der Waals surface area contributed by atoms with Crippen LogP contribution in [0, 0.1) is 0 Å². The van der Waals surface area contributed by atoms with Crippen molar-refractivity contribution in [2.75, 3.05) is 6.26 Å². The molecule has 0 spiro atoms. The SMILES string of the molecule is CS(=O)(=O)c1ccc(C=NNC(=O)c2[nH]c3ccccc3c2-c2ccccc2)cc1. The van der Waals surface area contributed by atoms with Gasteiger partial charge in [0.2, 0.25) is 0 Å². The van der Waals surface area contributed by atoms with Gasteiger partial charge in [-0.1, -0.05) is 60.7 Å². The van der Waals surface area contributed by atoms with Crippen LogP contribution in [0.2, 0.25) is 0 Å². The zero-order valence-corrected chi connectivity index (χ0v) is 17.0. The van der Waals surface area contributed by atoms with Gasteiger partial charge in [-0.2, -0.15) is 5.10 Å². The number of sulfone groups is 1. The lowest BCUT2D eigenvalue weighted by atomic mass is 10.0. The average Bonchev–Trinajstić information content (AvgIpc) is 3.14. The smallest absolute Gasteiger partial charge is 0.288 e. The number of nitrogens with zero attached hydrogens (tertiary/aromatic N) is 1. The fraction of sp³-hybridized carbons (Fsp3) is 0.0435. The van der Waals surface area contributed by atoms with Crippen LogP contribution in [0.4, 0.5) is 0 Å². The number of nitrogens with one attached hydrogen (secondary N) is 2. The number of benzene rings is 3. The minimum Gasteiger partial charge on any atom is -0.350 e. The van der Waals surface area contributed by atoms with Crippen molar-refractivity contribution in [3.05, 3.63) is 90.1 Å². The fourth-order valence-electron chi connectivity index (χ4n) is 3.24. The molecule has 0 fully saturated rings. The molecule has 30 heavy (non-hydrogen) atoms. The first kappa shape index (κ1) is 19.6. The molecule has 0 atom stereocenters. The van der Waals surface area contributed by atoms with Crippen LogP contribution >= 0.6 is 0 Å². The Bertz CT molecular complexity index is 1340. The van der Waals surface area contributed by atoms with Gasteiger partial charge in [0.15, 0.2) is 9.84 Å². The average molecular weight is 417 g/mol. The van der Waals surface area contributed by atoms with Gasteiger partial charge in [0.25, 0.3) is 5.91 Å². The standard InChI is InChI=1S/C23H19N3O3S/c1-30(28,29)18-13-11-16(12-14-18)15-24-26-23(27)22-21(17-7-3-2-4-8-17)19-9-5-6-10-20(19)25-22/h2-15,25H,1H3,(H,26,27). The third-order valence-corrected chi connectivity index (χ3v) is 5.81. The molecular formula is C23H19N3O3S. The fourth-order valence-corrected chi connectivity index (χ4v) is 3.87. The molecule has 0 aliphatic carbocycles. The van der Waals surface area contributed by atoms with E-state index >= 15 is 0 Å². The third-order valence-electron chi connectivity index (χ3n) is 4.68. The second-order valence-corrected chi connectivity index (χ2v) is 8.84. The topological polar surface area (TPSA) is 91.4 Å². The molecule has 0 unspecified atom stereocenters. The van der Waals surface area contributed by atoms with Gasteiger partial charge in [0.1, 0.15) is 5.69 Å². The summed E-state index contributed by atoms with van der Waals surface area (Å²) in [6.07, 6.45) is 2.62. The number of hydrogen-bond acceptors (Lipinski definition) is 4. The highest BCUT2D eigenvalue weighted by Gasteiger charge is 2.18. The molecule has 2 N–H and O–H groups in total. The van der Waals surface area contributed by atoms with E-state index in [1.165, 1.54) is 18.3 Å². The van der Waals surface area contributed by atoms with Crippen LogP contribution in [0.15, 0.2) is 88.9 Å². The maximum absolute atomic E-state index is 12.8. The van der Waals surface area contributed by atoms with Crippen LogP contribution in [-0.4, -0.2) is 31.8 Å². The number of carbonyl (C=O) groups excluding carboxylic acids is 1. The number of fused-ring (bicyclic) bond motifs is 1. The van der Waals surface area contributed by atoms with E-state index in [0.717, 1.165) is 28.3 Å². The summed E-state index contributed by atoms with van der Waals surface area (Å²) in [6.45, 7) is 0. The van der Waals surface area contributed by atoms with Gasteiger partial charge in [-0.05, 0) is 29.3 Å². The van der Waals surface area contributed by atoms with E-state index in [9.17, 15) is 13.2 Å². The summed E-state index contributed by atoms with van der Waals surface area (Å²) in [5.41, 5.74) is 6.25. The summed E-state index contributed by atoms with van der Waals surface area (Å²) in [5.74, 6) is -0.367. The van der Waals surface area contributed by atoms with E-state index in [1.54, 1.807) is 12.1 Å². The van der Waals surface area contributed by atoms with E-state index in [-0.39, 0.29) is 10.8 Å².